The lowest BCUT2D eigenvalue weighted by Crippen LogP contribution is -2.44. The first-order chi connectivity index (χ1) is 9.27. The molecule has 1 aliphatic rings. The van der Waals surface area contributed by atoms with Gasteiger partial charge in [0, 0.05) is 12.6 Å². The van der Waals surface area contributed by atoms with E-state index < -0.39 is 16.6 Å². The van der Waals surface area contributed by atoms with Crippen LogP contribution in [0.4, 0.5) is 18.9 Å². The lowest BCUT2D eigenvalue weighted by molar-refractivity contribution is -0.385. The molecule has 1 fully saturated rings. The largest absolute Gasteiger partial charge is 0.496 e. The molecule has 0 bridgehead atoms. The summed E-state index contributed by atoms with van der Waals surface area (Å²) >= 11 is 0. The smallest absolute Gasteiger partial charge is 0.406 e. The van der Waals surface area contributed by atoms with Gasteiger partial charge in [-0.2, -0.15) is 13.2 Å². The number of hydrogen-bond acceptors (Lipinski definition) is 4. The van der Waals surface area contributed by atoms with E-state index >= 15 is 0 Å². The third-order valence-electron chi connectivity index (χ3n) is 3.32. The SMILES string of the molecule is COc1cc(CNC2(C(F)(F)F)CC2)cc([N+](=O)[O-])c1. The maximum absolute atomic E-state index is 12.8. The van der Waals surface area contributed by atoms with Gasteiger partial charge in [0.05, 0.1) is 18.1 Å². The Morgan fingerprint density at radius 3 is 2.50 bits per heavy atom. The van der Waals surface area contributed by atoms with Gasteiger partial charge in [-0.05, 0) is 24.5 Å². The summed E-state index contributed by atoms with van der Waals surface area (Å²) in [7, 11) is 1.34. The number of alkyl halides is 3. The first-order valence-corrected chi connectivity index (χ1v) is 5.91. The molecule has 0 radical (unpaired) electrons. The zero-order valence-corrected chi connectivity index (χ0v) is 10.7. The molecule has 0 unspecified atom stereocenters. The van der Waals surface area contributed by atoms with Crippen molar-refractivity contribution in [3.8, 4) is 5.75 Å². The van der Waals surface area contributed by atoms with E-state index in [2.05, 4.69) is 5.32 Å². The Labute approximate surface area is 112 Å². The van der Waals surface area contributed by atoms with Crippen LogP contribution in [0.25, 0.3) is 0 Å². The molecule has 2 rings (SSSR count). The molecule has 0 saturated heterocycles. The van der Waals surface area contributed by atoms with E-state index in [-0.39, 0.29) is 30.8 Å². The Bertz CT molecular complexity index is 527. The maximum Gasteiger partial charge on any atom is 0.406 e. The van der Waals surface area contributed by atoms with Gasteiger partial charge in [0.25, 0.3) is 5.69 Å². The van der Waals surface area contributed by atoms with Crippen LogP contribution in [0.15, 0.2) is 18.2 Å². The van der Waals surface area contributed by atoms with Crippen molar-refractivity contribution in [1.82, 2.24) is 5.32 Å². The van der Waals surface area contributed by atoms with Gasteiger partial charge in [-0.15, -0.1) is 0 Å². The summed E-state index contributed by atoms with van der Waals surface area (Å²) in [4.78, 5) is 10.1. The van der Waals surface area contributed by atoms with Crippen molar-refractivity contribution in [3.63, 3.8) is 0 Å². The number of methoxy groups -OCH3 is 1. The molecule has 1 aliphatic carbocycles. The minimum atomic E-state index is -4.31. The lowest BCUT2D eigenvalue weighted by atomic mass is 10.1. The average molecular weight is 290 g/mol. The first-order valence-electron chi connectivity index (χ1n) is 5.91. The number of nitro groups is 1. The Kier molecular flexibility index (Phi) is 3.59. The van der Waals surface area contributed by atoms with E-state index in [1.54, 1.807) is 0 Å². The van der Waals surface area contributed by atoms with Crippen molar-refractivity contribution in [2.75, 3.05) is 7.11 Å². The van der Waals surface area contributed by atoms with Gasteiger partial charge in [0.1, 0.15) is 11.3 Å². The van der Waals surface area contributed by atoms with Crippen LogP contribution in [0.3, 0.4) is 0 Å². The highest BCUT2D eigenvalue weighted by Crippen LogP contribution is 2.49. The summed E-state index contributed by atoms with van der Waals surface area (Å²) in [5.74, 6) is 0.243. The highest BCUT2D eigenvalue weighted by Gasteiger charge is 2.62. The molecule has 110 valence electrons. The fourth-order valence-corrected chi connectivity index (χ4v) is 1.93. The predicted octanol–water partition coefficient (Wildman–Crippen LogP) is 2.79. The number of ether oxygens (including phenoxy) is 1. The molecule has 0 atom stereocenters. The number of nitrogens with one attached hydrogen (secondary N) is 1. The fourth-order valence-electron chi connectivity index (χ4n) is 1.93. The summed E-state index contributed by atoms with van der Waals surface area (Å²) < 4.78 is 43.2. The Morgan fingerprint density at radius 2 is 2.05 bits per heavy atom. The molecule has 1 aromatic rings. The standard InChI is InChI=1S/C12H13F3N2O3/c1-20-10-5-8(4-9(6-10)17(18)19)7-16-11(2-3-11)12(13,14)15/h4-6,16H,2-3,7H2,1H3. The van der Waals surface area contributed by atoms with Crippen molar-refractivity contribution in [1.29, 1.82) is 0 Å². The normalized spacial score (nSPS) is 16.8. The second-order valence-corrected chi connectivity index (χ2v) is 4.73. The number of non-ortho nitro benzene ring substituents is 1. The molecule has 20 heavy (non-hydrogen) atoms. The van der Waals surface area contributed by atoms with Crippen LogP contribution in [0.5, 0.6) is 5.75 Å². The Morgan fingerprint density at radius 1 is 1.40 bits per heavy atom. The summed E-state index contributed by atoms with van der Waals surface area (Å²) in [5.41, 5.74) is -1.67. The van der Waals surface area contributed by atoms with Gasteiger partial charge in [0.2, 0.25) is 0 Å². The molecule has 0 heterocycles. The highest BCUT2D eigenvalue weighted by molar-refractivity contribution is 5.42. The predicted molar refractivity (Wildman–Crippen MR) is 64.5 cm³/mol. The van der Waals surface area contributed by atoms with E-state index in [1.807, 2.05) is 0 Å². The number of rotatable bonds is 5. The van der Waals surface area contributed by atoms with Crippen LogP contribution in [0, 0.1) is 10.1 Å². The van der Waals surface area contributed by atoms with Crippen molar-refractivity contribution in [3.05, 3.63) is 33.9 Å². The summed E-state index contributed by atoms with van der Waals surface area (Å²) in [6, 6.07) is 3.94. The van der Waals surface area contributed by atoms with Crippen molar-refractivity contribution >= 4 is 5.69 Å². The maximum atomic E-state index is 12.8. The average Bonchev–Trinajstić information content (AvgIpc) is 3.16. The fraction of sp³-hybridized carbons (Fsp3) is 0.500. The zero-order chi connectivity index (χ0) is 15.0. The number of nitro benzene ring substituents is 1. The van der Waals surface area contributed by atoms with Gasteiger partial charge in [-0.3, -0.25) is 15.4 Å². The second kappa shape index (κ2) is 4.93. The van der Waals surface area contributed by atoms with Gasteiger partial charge in [-0.25, -0.2) is 0 Å². The van der Waals surface area contributed by atoms with E-state index in [1.165, 1.54) is 25.3 Å². The van der Waals surface area contributed by atoms with E-state index in [0.717, 1.165) is 0 Å². The number of halogens is 3. The van der Waals surface area contributed by atoms with Crippen molar-refractivity contribution in [2.24, 2.45) is 0 Å². The van der Waals surface area contributed by atoms with Crippen LogP contribution in [-0.2, 0) is 6.54 Å². The van der Waals surface area contributed by atoms with Crippen LogP contribution >= 0.6 is 0 Å². The minimum Gasteiger partial charge on any atom is -0.496 e. The molecule has 1 aromatic carbocycles. The molecule has 0 aliphatic heterocycles. The molecule has 0 spiro atoms. The number of nitrogens with zero attached hydrogens (tertiary/aromatic N) is 1. The molecule has 0 amide bonds. The van der Waals surface area contributed by atoms with Gasteiger partial charge in [0.15, 0.2) is 0 Å². The Hall–Kier alpha value is -1.83. The first kappa shape index (κ1) is 14.6. The number of benzene rings is 1. The monoisotopic (exact) mass is 290 g/mol. The summed E-state index contributed by atoms with van der Waals surface area (Å²) in [5, 5.41) is 13.2. The molecule has 1 N–H and O–H groups in total. The van der Waals surface area contributed by atoms with Crippen LogP contribution in [-0.4, -0.2) is 23.7 Å². The summed E-state index contributed by atoms with van der Waals surface area (Å²) in [6.07, 6.45) is -4.25. The van der Waals surface area contributed by atoms with Gasteiger partial charge >= 0.3 is 6.18 Å². The second-order valence-electron chi connectivity index (χ2n) is 4.73. The quantitative estimate of drug-likeness (QED) is 0.669. The Balaban J connectivity index is 2.14. The van der Waals surface area contributed by atoms with Crippen LogP contribution < -0.4 is 10.1 Å². The van der Waals surface area contributed by atoms with E-state index in [4.69, 9.17) is 4.74 Å². The van der Waals surface area contributed by atoms with Gasteiger partial charge < -0.3 is 4.74 Å². The zero-order valence-electron chi connectivity index (χ0n) is 10.7. The molecule has 5 nitrogen and oxygen atoms in total. The lowest BCUT2D eigenvalue weighted by Gasteiger charge is -2.20. The topological polar surface area (TPSA) is 64.4 Å². The molecular formula is C12H13F3N2O3. The molecular weight excluding hydrogens is 277 g/mol. The highest BCUT2D eigenvalue weighted by atomic mass is 19.4. The summed E-state index contributed by atoms with van der Waals surface area (Å²) in [6.45, 7) is -0.0997. The molecule has 0 aromatic heterocycles. The van der Waals surface area contributed by atoms with E-state index in [9.17, 15) is 23.3 Å². The molecule has 1 saturated carbocycles. The third kappa shape index (κ3) is 2.84. The minimum absolute atomic E-state index is 0.0303. The third-order valence-corrected chi connectivity index (χ3v) is 3.32. The van der Waals surface area contributed by atoms with Crippen molar-refractivity contribution < 1.29 is 22.8 Å². The molecule has 8 heteroatoms. The van der Waals surface area contributed by atoms with E-state index in [0.29, 0.717) is 5.56 Å². The van der Waals surface area contributed by atoms with Crippen LogP contribution in [0.2, 0.25) is 0 Å². The van der Waals surface area contributed by atoms with Crippen LogP contribution in [0.1, 0.15) is 18.4 Å². The number of hydrogen-bond donors (Lipinski definition) is 1. The van der Waals surface area contributed by atoms with Crippen molar-refractivity contribution in [2.45, 2.75) is 31.1 Å². The van der Waals surface area contributed by atoms with Gasteiger partial charge in [-0.1, -0.05) is 0 Å².